The van der Waals surface area contributed by atoms with Crippen molar-refractivity contribution in [3.63, 3.8) is 0 Å². The first kappa shape index (κ1) is 16.9. The second kappa shape index (κ2) is 10.6. The van der Waals surface area contributed by atoms with E-state index in [4.69, 9.17) is 9.47 Å². The van der Waals surface area contributed by atoms with Gasteiger partial charge in [0, 0.05) is 23.3 Å². The second-order valence-corrected chi connectivity index (χ2v) is 5.72. The van der Waals surface area contributed by atoms with Crippen LogP contribution >= 0.6 is 22.6 Å². The first-order valence-electron chi connectivity index (χ1n) is 6.80. The van der Waals surface area contributed by atoms with Crippen LogP contribution in [0.2, 0.25) is 0 Å². The topological polar surface area (TPSA) is 30.5 Å². The van der Waals surface area contributed by atoms with Gasteiger partial charge in [-0.1, -0.05) is 19.1 Å². The van der Waals surface area contributed by atoms with Crippen LogP contribution in [0.15, 0.2) is 24.3 Å². The van der Waals surface area contributed by atoms with E-state index >= 15 is 0 Å². The maximum absolute atomic E-state index is 5.54. The molecule has 0 saturated heterocycles. The molecule has 0 aromatic heterocycles. The van der Waals surface area contributed by atoms with Crippen LogP contribution in [0.25, 0.3) is 0 Å². The number of halogens is 1. The Bertz CT molecular complexity index is 329. The average molecular weight is 377 g/mol. The predicted octanol–water partition coefficient (Wildman–Crippen LogP) is 2.86. The Hall–Kier alpha value is -0.170. The van der Waals surface area contributed by atoms with Gasteiger partial charge in [0.25, 0.3) is 0 Å². The maximum Gasteiger partial charge on any atom is 0.0700 e. The fourth-order valence-electron chi connectivity index (χ4n) is 1.94. The second-order valence-electron chi connectivity index (χ2n) is 4.48. The van der Waals surface area contributed by atoms with E-state index in [9.17, 15) is 0 Å². The number of likely N-dealkylation sites (N-methyl/N-ethyl adjacent to an activating group) is 1. The van der Waals surface area contributed by atoms with E-state index in [1.54, 1.807) is 7.11 Å². The summed E-state index contributed by atoms with van der Waals surface area (Å²) in [6.45, 7) is 5.27. The van der Waals surface area contributed by atoms with Crippen molar-refractivity contribution in [2.24, 2.45) is 0 Å². The molecule has 1 atom stereocenters. The molecule has 0 radical (unpaired) electrons. The molecule has 1 aromatic rings. The highest BCUT2D eigenvalue weighted by atomic mass is 127. The number of hydrogen-bond acceptors (Lipinski definition) is 3. The summed E-state index contributed by atoms with van der Waals surface area (Å²) in [4.78, 5) is 0. The van der Waals surface area contributed by atoms with Crippen molar-refractivity contribution in [1.29, 1.82) is 0 Å². The number of rotatable bonds is 10. The van der Waals surface area contributed by atoms with Crippen molar-refractivity contribution in [3.8, 4) is 0 Å². The molecule has 19 heavy (non-hydrogen) atoms. The van der Waals surface area contributed by atoms with Gasteiger partial charge < -0.3 is 14.8 Å². The van der Waals surface area contributed by atoms with E-state index in [0.29, 0.717) is 19.3 Å². The van der Waals surface area contributed by atoms with E-state index in [1.165, 1.54) is 9.13 Å². The summed E-state index contributed by atoms with van der Waals surface area (Å²) in [5, 5.41) is 3.52. The molecule has 0 bridgehead atoms. The molecule has 0 aliphatic heterocycles. The van der Waals surface area contributed by atoms with Crippen molar-refractivity contribution in [3.05, 3.63) is 33.4 Å². The van der Waals surface area contributed by atoms with Gasteiger partial charge in [-0.05, 0) is 59.7 Å². The van der Waals surface area contributed by atoms with Gasteiger partial charge >= 0.3 is 0 Å². The molecule has 0 amide bonds. The van der Waals surface area contributed by atoms with Gasteiger partial charge in [-0.25, -0.2) is 0 Å². The third kappa shape index (κ3) is 7.87. The lowest BCUT2D eigenvalue weighted by atomic mass is 10.0. The minimum Gasteiger partial charge on any atom is -0.382 e. The lowest BCUT2D eigenvalue weighted by Gasteiger charge is -2.18. The molecule has 0 aliphatic rings. The zero-order chi connectivity index (χ0) is 13.9. The zero-order valence-corrected chi connectivity index (χ0v) is 14.0. The van der Waals surface area contributed by atoms with Crippen molar-refractivity contribution >= 4 is 22.6 Å². The normalized spacial score (nSPS) is 12.6. The predicted molar refractivity (Wildman–Crippen MR) is 87.6 cm³/mol. The summed E-state index contributed by atoms with van der Waals surface area (Å²) >= 11 is 2.33. The lowest BCUT2D eigenvalue weighted by Crippen LogP contribution is -2.32. The average Bonchev–Trinajstić information content (AvgIpc) is 2.41. The molecule has 1 N–H and O–H groups in total. The van der Waals surface area contributed by atoms with Gasteiger partial charge in [0.15, 0.2) is 0 Å². The summed E-state index contributed by atoms with van der Waals surface area (Å²) in [6.07, 6.45) is 2.09. The molecule has 0 spiro atoms. The summed E-state index contributed by atoms with van der Waals surface area (Å²) in [5.74, 6) is 0. The van der Waals surface area contributed by atoms with E-state index in [2.05, 4.69) is 59.1 Å². The number of nitrogens with one attached hydrogen (secondary N) is 1. The molecule has 1 aromatic carbocycles. The number of ether oxygens (including phenoxy) is 2. The van der Waals surface area contributed by atoms with Gasteiger partial charge in [-0.2, -0.15) is 0 Å². The molecule has 108 valence electrons. The van der Waals surface area contributed by atoms with Gasteiger partial charge in [-0.3, -0.25) is 0 Å². The van der Waals surface area contributed by atoms with Gasteiger partial charge in [0.1, 0.15) is 0 Å². The van der Waals surface area contributed by atoms with Crippen LogP contribution in [-0.4, -0.2) is 39.5 Å². The van der Waals surface area contributed by atoms with Crippen LogP contribution in [0.4, 0.5) is 0 Å². The highest BCUT2D eigenvalue weighted by Crippen LogP contribution is 2.10. The third-order valence-corrected chi connectivity index (χ3v) is 3.65. The molecule has 3 nitrogen and oxygen atoms in total. The Morgan fingerprint density at radius 3 is 2.53 bits per heavy atom. The Labute approximate surface area is 130 Å². The summed E-state index contributed by atoms with van der Waals surface area (Å²) < 4.78 is 11.8. The molecule has 0 heterocycles. The molecular formula is C15H24INO2. The quantitative estimate of drug-likeness (QED) is 0.503. The Morgan fingerprint density at radius 2 is 1.89 bits per heavy atom. The molecule has 0 aliphatic carbocycles. The van der Waals surface area contributed by atoms with E-state index < -0.39 is 0 Å². The first-order chi connectivity index (χ1) is 9.26. The fraction of sp³-hybridized carbons (Fsp3) is 0.600. The lowest BCUT2D eigenvalue weighted by molar-refractivity contribution is 0.0659. The number of methoxy groups -OCH3 is 1. The molecule has 4 heteroatoms. The van der Waals surface area contributed by atoms with E-state index in [0.717, 1.165) is 26.0 Å². The van der Waals surface area contributed by atoms with Crippen LogP contribution in [0.1, 0.15) is 18.9 Å². The van der Waals surface area contributed by atoms with Gasteiger partial charge in [-0.15, -0.1) is 0 Å². The van der Waals surface area contributed by atoms with Crippen molar-refractivity contribution in [2.45, 2.75) is 25.8 Å². The van der Waals surface area contributed by atoms with Crippen LogP contribution in [-0.2, 0) is 15.9 Å². The Balaban J connectivity index is 2.33. The Morgan fingerprint density at radius 1 is 1.16 bits per heavy atom. The maximum atomic E-state index is 5.54. The summed E-state index contributed by atoms with van der Waals surface area (Å²) in [7, 11) is 1.70. The van der Waals surface area contributed by atoms with Crippen molar-refractivity contribution in [1.82, 2.24) is 5.32 Å². The van der Waals surface area contributed by atoms with Crippen molar-refractivity contribution < 1.29 is 9.47 Å². The molecule has 1 unspecified atom stereocenters. The largest absolute Gasteiger partial charge is 0.382 e. The SMILES string of the molecule is CCNC(CCOCCOC)Cc1ccc(I)cc1. The van der Waals surface area contributed by atoms with Crippen LogP contribution < -0.4 is 5.32 Å². The molecular weight excluding hydrogens is 353 g/mol. The van der Waals surface area contributed by atoms with Gasteiger partial charge in [0.2, 0.25) is 0 Å². The minimum absolute atomic E-state index is 0.479. The molecule has 1 rings (SSSR count). The molecule has 0 fully saturated rings. The number of hydrogen-bond donors (Lipinski definition) is 1. The Kier molecular flexibility index (Phi) is 9.42. The van der Waals surface area contributed by atoms with Crippen LogP contribution in [0, 0.1) is 3.57 Å². The highest BCUT2D eigenvalue weighted by Gasteiger charge is 2.08. The smallest absolute Gasteiger partial charge is 0.0700 e. The third-order valence-electron chi connectivity index (χ3n) is 2.93. The highest BCUT2D eigenvalue weighted by molar-refractivity contribution is 14.1. The standard InChI is InChI=1S/C15H24INO2/c1-3-17-15(8-9-19-11-10-18-2)12-13-4-6-14(16)7-5-13/h4-7,15,17H,3,8-12H2,1-2H3. The zero-order valence-electron chi connectivity index (χ0n) is 11.8. The van der Waals surface area contributed by atoms with E-state index in [1.807, 2.05) is 0 Å². The summed E-state index contributed by atoms with van der Waals surface area (Å²) in [6, 6.07) is 9.21. The van der Waals surface area contributed by atoms with Crippen molar-refractivity contribution in [2.75, 3.05) is 33.5 Å². The molecule has 0 saturated carbocycles. The fourth-order valence-corrected chi connectivity index (χ4v) is 2.30. The monoisotopic (exact) mass is 377 g/mol. The minimum atomic E-state index is 0.479. The van der Waals surface area contributed by atoms with Crippen LogP contribution in [0.5, 0.6) is 0 Å². The first-order valence-corrected chi connectivity index (χ1v) is 7.88. The van der Waals surface area contributed by atoms with E-state index in [-0.39, 0.29) is 0 Å². The van der Waals surface area contributed by atoms with Gasteiger partial charge in [0.05, 0.1) is 13.2 Å². The number of benzene rings is 1. The summed E-state index contributed by atoms with van der Waals surface area (Å²) in [5.41, 5.74) is 1.38. The van der Waals surface area contributed by atoms with Crippen LogP contribution in [0.3, 0.4) is 0 Å².